The van der Waals surface area contributed by atoms with Crippen LogP contribution in [0.2, 0.25) is 0 Å². The van der Waals surface area contributed by atoms with Crippen molar-refractivity contribution in [2.45, 2.75) is 32.4 Å². The molecule has 0 bridgehead atoms. The molecule has 1 atom stereocenters. The second kappa shape index (κ2) is 9.83. The van der Waals surface area contributed by atoms with Gasteiger partial charge in [0.15, 0.2) is 6.10 Å². The van der Waals surface area contributed by atoms with Crippen LogP contribution in [0.25, 0.3) is 10.7 Å². The van der Waals surface area contributed by atoms with Gasteiger partial charge in [-0.2, -0.15) is 4.98 Å². The number of carbonyl (C=O) groups is 2. The van der Waals surface area contributed by atoms with Gasteiger partial charge in [-0.05, 0) is 24.4 Å². The lowest BCUT2D eigenvalue weighted by Crippen LogP contribution is -2.35. The molecule has 0 saturated heterocycles. The molecule has 1 aromatic carbocycles. The van der Waals surface area contributed by atoms with Crippen LogP contribution in [0.1, 0.15) is 24.8 Å². The van der Waals surface area contributed by atoms with Crippen LogP contribution in [0.3, 0.4) is 0 Å². The van der Waals surface area contributed by atoms with Crippen molar-refractivity contribution in [2.75, 3.05) is 7.11 Å². The number of benzene rings is 1. The van der Waals surface area contributed by atoms with Gasteiger partial charge in [0.25, 0.3) is 5.91 Å². The minimum absolute atomic E-state index is 0.0379. The first-order valence-electron chi connectivity index (χ1n) is 9.02. The topological polar surface area (TPSA) is 104 Å². The van der Waals surface area contributed by atoms with Crippen molar-refractivity contribution in [3.8, 4) is 16.5 Å². The number of ether oxygens (including phenoxy) is 2. The lowest BCUT2D eigenvalue weighted by atomic mass is 10.2. The maximum atomic E-state index is 12.2. The normalized spacial score (nSPS) is 11.7. The molecule has 0 radical (unpaired) electrons. The van der Waals surface area contributed by atoms with Crippen LogP contribution in [-0.4, -0.2) is 35.2 Å². The number of nitrogens with one attached hydrogen (secondary N) is 1. The summed E-state index contributed by atoms with van der Waals surface area (Å²) in [5.41, 5.74) is 0.833. The van der Waals surface area contributed by atoms with Gasteiger partial charge in [0.1, 0.15) is 5.75 Å². The molecule has 0 saturated carbocycles. The maximum Gasteiger partial charge on any atom is 0.307 e. The van der Waals surface area contributed by atoms with Gasteiger partial charge in [-0.3, -0.25) is 9.59 Å². The third-order valence-electron chi connectivity index (χ3n) is 4.08. The Kier molecular flexibility index (Phi) is 6.96. The van der Waals surface area contributed by atoms with Crippen molar-refractivity contribution in [3.63, 3.8) is 0 Å². The van der Waals surface area contributed by atoms with Gasteiger partial charge >= 0.3 is 5.97 Å². The SMILES string of the molecule is COc1ccccc1CNC(=O)C(C)OC(=O)CCc1nc(-c2cccs2)no1. The highest BCUT2D eigenvalue weighted by Crippen LogP contribution is 2.21. The minimum atomic E-state index is -0.915. The first-order chi connectivity index (χ1) is 14.1. The van der Waals surface area contributed by atoms with Gasteiger partial charge in [-0.25, -0.2) is 0 Å². The molecule has 3 aromatic rings. The van der Waals surface area contributed by atoms with Crippen molar-refractivity contribution >= 4 is 23.2 Å². The van der Waals surface area contributed by atoms with Crippen LogP contribution >= 0.6 is 11.3 Å². The number of carbonyl (C=O) groups excluding carboxylic acids is 2. The van der Waals surface area contributed by atoms with E-state index in [2.05, 4.69) is 15.5 Å². The van der Waals surface area contributed by atoms with E-state index in [0.717, 1.165) is 10.4 Å². The number of amides is 1. The Morgan fingerprint density at radius 1 is 1.24 bits per heavy atom. The third kappa shape index (κ3) is 5.64. The second-order valence-electron chi connectivity index (χ2n) is 6.15. The molecule has 0 aliphatic carbocycles. The van der Waals surface area contributed by atoms with Gasteiger partial charge in [0.05, 0.1) is 18.4 Å². The molecule has 1 N–H and O–H groups in total. The number of aromatic nitrogens is 2. The zero-order chi connectivity index (χ0) is 20.6. The molecule has 1 unspecified atom stereocenters. The highest BCUT2D eigenvalue weighted by atomic mass is 32.1. The Hall–Kier alpha value is -3.20. The Labute approximate surface area is 171 Å². The highest BCUT2D eigenvalue weighted by Gasteiger charge is 2.19. The number of nitrogens with zero attached hydrogens (tertiary/aromatic N) is 2. The van der Waals surface area contributed by atoms with Crippen molar-refractivity contribution in [2.24, 2.45) is 0 Å². The summed E-state index contributed by atoms with van der Waals surface area (Å²) in [6.07, 6.45) is -0.634. The lowest BCUT2D eigenvalue weighted by molar-refractivity contribution is -0.154. The molecule has 0 aliphatic rings. The molecule has 152 valence electrons. The van der Waals surface area contributed by atoms with Gasteiger partial charge in [-0.15, -0.1) is 11.3 Å². The maximum absolute atomic E-state index is 12.2. The van der Waals surface area contributed by atoms with E-state index in [4.69, 9.17) is 14.0 Å². The van der Waals surface area contributed by atoms with E-state index in [1.807, 2.05) is 41.8 Å². The summed E-state index contributed by atoms with van der Waals surface area (Å²) < 4.78 is 15.6. The largest absolute Gasteiger partial charge is 0.496 e. The number of esters is 1. The molecule has 8 nitrogen and oxygen atoms in total. The Bertz CT molecular complexity index is 955. The number of thiophene rings is 1. The number of aryl methyl sites for hydroxylation is 1. The number of hydrogen-bond acceptors (Lipinski definition) is 8. The molecule has 0 aliphatic heterocycles. The minimum Gasteiger partial charge on any atom is -0.496 e. The summed E-state index contributed by atoms with van der Waals surface area (Å²) in [5, 5.41) is 8.55. The fourth-order valence-corrected chi connectivity index (χ4v) is 3.21. The number of hydrogen-bond donors (Lipinski definition) is 1. The molecule has 29 heavy (non-hydrogen) atoms. The monoisotopic (exact) mass is 415 g/mol. The fraction of sp³-hybridized carbons (Fsp3) is 0.300. The van der Waals surface area contributed by atoms with Crippen LogP contribution in [0.4, 0.5) is 0 Å². The van der Waals surface area contributed by atoms with Crippen molar-refractivity contribution in [1.29, 1.82) is 0 Å². The van der Waals surface area contributed by atoms with Crippen molar-refractivity contribution in [3.05, 3.63) is 53.2 Å². The number of methoxy groups -OCH3 is 1. The summed E-state index contributed by atoms with van der Waals surface area (Å²) in [7, 11) is 1.57. The van der Waals surface area contributed by atoms with Crippen LogP contribution < -0.4 is 10.1 Å². The van der Waals surface area contributed by atoms with E-state index < -0.39 is 12.1 Å². The average molecular weight is 415 g/mol. The predicted molar refractivity (Wildman–Crippen MR) is 106 cm³/mol. The van der Waals surface area contributed by atoms with E-state index in [1.54, 1.807) is 7.11 Å². The van der Waals surface area contributed by atoms with Crippen molar-refractivity contribution in [1.82, 2.24) is 15.5 Å². The number of rotatable bonds is 9. The lowest BCUT2D eigenvalue weighted by Gasteiger charge is -2.14. The van der Waals surface area contributed by atoms with Gasteiger partial charge in [-0.1, -0.05) is 29.4 Å². The van der Waals surface area contributed by atoms with Crippen LogP contribution in [-0.2, 0) is 27.3 Å². The zero-order valence-electron chi connectivity index (χ0n) is 16.1. The Morgan fingerprint density at radius 3 is 2.83 bits per heavy atom. The number of para-hydroxylation sites is 1. The van der Waals surface area contributed by atoms with E-state index in [-0.39, 0.29) is 25.3 Å². The van der Waals surface area contributed by atoms with Crippen molar-refractivity contribution < 1.29 is 23.6 Å². The van der Waals surface area contributed by atoms with E-state index in [0.29, 0.717) is 17.5 Å². The third-order valence-corrected chi connectivity index (χ3v) is 4.94. The zero-order valence-corrected chi connectivity index (χ0v) is 16.9. The molecule has 2 heterocycles. The van der Waals surface area contributed by atoms with Gasteiger partial charge in [0, 0.05) is 18.5 Å². The van der Waals surface area contributed by atoms with E-state index in [1.165, 1.54) is 18.3 Å². The molecule has 1 amide bonds. The molecule has 3 rings (SSSR count). The van der Waals surface area contributed by atoms with Crippen LogP contribution in [0, 0.1) is 0 Å². The first-order valence-corrected chi connectivity index (χ1v) is 9.90. The predicted octanol–water partition coefficient (Wildman–Crippen LogP) is 2.99. The van der Waals surface area contributed by atoms with E-state index >= 15 is 0 Å². The molecular weight excluding hydrogens is 394 g/mol. The quantitative estimate of drug-likeness (QED) is 0.536. The molecular formula is C20H21N3O5S. The summed E-state index contributed by atoms with van der Waals surface area (Å²) in [6, 6.07) is 11.2. The Balaban J connectivity index is 1.43. The summed E-state index contributed by atoms with van der Waals surface area (Å²) in [4.78, 5) is 29.4. The second-order valence-corrected chi connectivity index (χ2v) is 7.10. The Morgan fingerprint density at radius 2 is 2.07 bits per heavy atom. The van der Waals surface area contributed by atoms with Crippen LogP contribution in [0.15, 0.2) is 46.3 Å². The summed E-state index contributed by atoms with van der Waals surface area (Å²) >= 11 is 1.50. The molecule has 0 spiro atoms. The van der Waals surface area contributed by atoms with Gasteiger partial charge in [0.2, 0.25) is 11.7 Å². The fourth-order valence-electron chi connectivity index (χ4n) is 2.56. The average Bonchev–Trinajstić information content (AvgIpc) is 3.42. The summed E-state index contributed by atoms with van der Waals surface area (Å²) in [6.45, 7) is 1.80. The van der Waals surface area contributed by atoms with Gasteiger partial charge < -0.3 is 19.3 Å². The smallest absolute Gasteiger partial charge is 0.307 e. The molecule has 0 fully saturated rings. The molecule has 2 aromatic heterocycles. The highest BCUT2D eigenvalue weighted by molar-refractivity contribution is 7.13. The molecule has 9 heteroatoms. The summed E-state index contributed by atoms with van der Waals surface area (Å²) in [5.74, 6) is 0.618. The van der Waals surface area contributed by atoms with E-state index in [9.17, 15) is 9.59 Å². The standard InChI is InChI=1S/C20H21N3O5S/c1-13(20(25)21-12-14-6-3-4-7-15(14)26-2)27-18(24)10-9-17-22-19(23-28-17)16-8-5-11-29-16/h3-8,11,13H,9-10,12H2,1-2H3,(H,21,25). The van der Waals surface area contributed by atoms with Crippen LogP contribution in [0.5, 0.6) is 5.75 Å². The first kappa shape index (κ1) is 20.5.